The summed E-state index contributed by atoms with van der Waals surface area (Å²) in [5.41, 5.74) is 0.563. The first-order valence-corrected chi connectivity index (χ1v) is 8.91. The van der Waals surface area contributed by atoms with E-state index >= 15 is 0 Å². The zero-order chi connectivity index (χ0) is 20.4. The molecule has 0 radical (unpaired) electrons. The van der Waals surface area contributed by atoms with Crippen LogP contribution in [0.4, 0.5) is 4.39 Å². The normalized spacial score (nSPS) is 19.0. The van der Waals surface area contributed by atoms with E-state index in [-0.39, 0.29) is 41.9 Å². The molecule has 1 heterocycles. The van der Waals surface area contributed by atoms with Crippen molar-refractivity contribution >= 4 is 29.9 Å². The molecule has 0 spiro atoms. The minimum atomic E-state index is -0.486. The molecule has 1 aliphatic rings. The molecule has 150 valence electrons. The van der Waals surface area contributed by atoms with Gasteiger partial charge in [-0.3, -0.25) is 19.3 Å². The van der Waals surface area contributed by atoms with Gasteiger partial charge in [0.2, 0.25) is 11.8 Å². The van der Waals surface area contributed by atoms with E-state index in [4.69, 9.17) is 21.5 Å². The highest BCUT2D eigenvalue weighted by Gasteiger charge is 2.31. The second-order valence-corrected chi connectivity index (χ2v) is 6.66. The number of nitrogens with zero attached hydrogens (tertiary/aromatic N) is 1. The number of rotatable bonds is 6. The van der Waals surface area contributed by atoms with Gasteiger partial charge in [-0.2, -0.15) is 0 Å². The van der Waals surface area contributed by atoms with Gasteiger partial charge in [-0.05, 0) is 31.5 Å². The molecule has 1 aromatic rings. The van der Waals surface area contributed by atoms with Crippen molar-refractivity contribution in [2.75, 3.05) is 13.6 Å². The lowest BCUT2D eigenvalue weighted by Crippen LogP contribution is -2.41. The maximum atomic E-state index is 13.4. The Morgan fingerprint density at radius 3 is 2.59 bits per heavy atom. The molecule has 7 nitrogen and oxygen atoms in total. The molecule has 2 amide bonds. The zero-order valence-electron chi connectivity index (χ0n) is 15.4. The van der Waals surface area contributed by atoms with Gasteiger partial charge in [0.05, 0.1) is 5.02 Å². The monoisotopic (exact) mass is 401 g/mol. The smallest absolute Gasteiger partial charge is 0.290 e. The van der Waals surface area contributed by atoms with Crippen LogP contribution >= 0.6 is 11.6 Å². The van der Waals surface area contributed by atoms with Crippen molar-refractivity contribution in [3.8, 4) is 0 Å². The number of carbonyl (C=O) groups excluding carboxylic acids is 2. The number of likely N-dealkylation sites (tertiary alicyclic amines) is 1. The highest BCUT2D eigenvalue weighted by atomic mass is 35.5. The van der Waals surface area contributed by atoms with Crippen LogP contribution < -0.4 is 10.6 Å². The number of hydrogen-bond acceptors (Lipinski definition) is 4. The minimum Gasteiger partial charge on any atom is -0.483 e. The number of carboxylic acid groups (broad SMARTS) is 1. The van der Waals surface area contributed by atoms with Gasteiger partial charge in [-0.1, -0.05) is 23.7 Å². The maximum absolute atomic E-state index is 13.4. The topological polar surface area (TPSA) is 98.7 Å². The Morgan fingerprint density at radius 2 is 1.96 bits per heavy atom. The van der Waals surface area contributed by atoms with Crippen LogP contribution in [-0.4, -0.2) is 54.0 Å². The molecule has 0 bridgehead atoms. The quantitative estimate of drug-likeness (QED) is 0.631. The van der Waals surface area contributed by atoms with Crippen molar-refractivity contribution in [1.82, 2.24) is 15.5 Å². The van der Waals surface area contributed by atoms with Gasteiger partial charge in [0.15, 0.2) is 0 Å². The van der Waals surface area contributed by atoms with Crippen LogP contribution in [-0.2, 0) is 20.9 Å². The second-order valence-electron chi connectivity index (χ2n) is 6.29. The first-order chi connectivity index (χ1) is 12.8. The van der Waals surface area contributed by atoms with Gasteiger partial charge in [0, 0.05) is 38.5 Å². The van der Waals surface area contributed by atoms with Gasteiger partial charge in [-0.15, -0.1) is 0 Å². The Kier molecular flexibility index (Phi) is 9.74. The number of benzene rings is 1. The van der Waals surface area contributed by atoms with Gasteiger partial charge in [-0.25, -0.2) is 4.39 Å². The van der Waals surface area contributed by atoms with Crippen LogP contribution in [0.2, 0.25) is 5.02 Å². The average molecular weight is 402 g/mol. The molecule has 2 atom stereocenters. The summed E-state index contributed by atoms with van der Waals surface area (Å²) in [4.78, 5) is 33.7. The number of halogens is 2. The Morgan fingerprint density at radius 1 is 1.33 bits per heavy atom. The second kappa shape index (κ2) is 11.5. The van der Waals surface area contributed by atoms with Crippen molar-refractivity contribution in [2.45, 2.75) is 44.8 Å². The lowest BCUT2D eigenvalue weighted by molar-refractivity contribution is -0.123. The zero-order valence-corrected chi connectivity index (χ0v) is 16.1. The molecular formula is C18H25ClFN3O4. The molecule has 9 heteroatoms. The Labute approximate surface area is 162 Å². The summed E-state index contributed by atoms with van der Waals surface area (Å²) in [6.07, 6.45) is 2.24. The maximum Gasteiger partial charge on any atom is 0.290 e. The van der Waals surface area contributed by atoms with Crippen molar-refractivity contribution in [1.29, 1.82) is 0 Å². The van der Waals surface area contributed by atoms with Gasteiger partial charge >= 0.3 is 0 Å². The fourth-order valence-electron chi connectivity index (χ4n) is 3.01. The Bertz CT molecular complexity index is 659. The molecule has 1 saturated heterocycles. The van der Waals surface area contributed by atoms with Crippen LogP contribution in [0.25, 0.3) is 0 Å². The van der Waals surface area contributed by atoms with Crippen LogP contribution in [0.1, 0.15) is 31.7 Å². The Hall–Kier alpha value is -2.19. The third-order valence-corrected chi connectivity index (χ3v) is 4.92. The van der Waals surface area contributed by atoms with Gasteiger partial charge in [0.1, 0.15) is 5.82 Å². The minimum absolute atomic E-state index is 0.0448. The molecule has 27 heavy (non-hydrogen) atoms. The molecule has 0 aliphatic carbocycles. The predicted molar refractivity (Wildman–Crippen MR) is 99.8 cm³/mol. The molecule has 0 unspecified atom stereocenters. The average Bonchev–Trinajstić information content (AvgIpc) is 2.95. The van der Waals surface area contributed by atoms with Crippen LogP contribution in [0.5, 0.6) is 0 Å². The summed E-state index contributed by atoms with van der Waals surface area (Å²) in [6, 6.07) is 4.95. The van der Waals surface area contributed by atoms with E-state index in [2.05, 4.69) is 15.5 Å². The van der Waals surface area contributed by atoms with Gasteiger partial charge < -0.3 is 15.7 Å². The van der Waals surface area contributed by atoms with Crippen molar-refractivity contribution in [3.63, 3.8) is 0 Å². The molecule has 1 fully saturated rings. The van der Waals surface area contributed by atoms with Crippen LogP contribution in [0.15, 0.2) is 18.2 Å². The number of likely N-dealkylation sites (N-methyl/N-ethyl adjacent to an activating group) is 1. The molecular weight excluding hydrogens is 377 g/mol. The fraction of sp³-hybridized carbons (Fsp3) is 0.500. The summed E-state index contributed by atoms with van der Waals surface area (Å²) in [7, 11) is 1.97. The lowest BCUT2D eigenvalue weighted by atomic mass is 10.1. The third-order valence-electron chi connectivity index (χ3n) is 4.50. The van der Waals surface area contributed by atoms with Crippen molar-refractivity contribution < 1.29 is 23.9 Å². The molecule has 2 rings (SSSR count). The molecule has 3 N–H and O–H groups in total. The fourth-order valence-corrected chi connectivity index (χ4v) is 3.20. The third kappa shape index (κ3) is 7.52. The summed E-state index contributed by atoms with van der Waals surface area (Å²) in [5.74, 6) is -0.622. The largest absolute Gasteiger partial charge is 0.483 e. The number of nitrogens with one attached hydrogen (secondary N) is 2. The lowest BCUT2D eigenvalue weighted by Gasteiger charge is -2.25. The molecule has 0 saturated carbocycles. The molecule has 0 aromatic heterocycles. The van der Waals surface area contributed by atoms with Crippen LogP contribution in [0, 0.1) is 5.82 Å². The van der Waals surface area contributed by atoms with E-state index in [1.165, 1.54) is 13.0 Å². The standard InChI is InChI=1S/C17H23ClFN3O2.CH2O2/c1-11(23)20-10-14-7-6-13(22(14)2)8-16(24)21-9-12-4-3-5-15(19)17(12)18;2-1-3/h3-5,13-14H,6-10H2,1-2H3,(H,20,23)(H,21,24);1H,(H,2,3)/t13-,14+;/m0./s1. The summed E-state index contributed by atoms with van der Waals surface area (Å²) >= 11 is 5.88. The van der Waals surface area contributed by atoms with E-state index in [0.717, 1.165) is 12.8 Å². The summed E-state index contributed by atoms with van der Waals surface area (Å²) in [5, 5.41) is 12.5. The Balaban J connectivity index is 0.00000114. The van der Waals surface area contributed by atoms with E-state index in [9.17, 15) is 14.0 Å². The highest BCUT2D eigenvalue weighted by molar-refractivity contribution is 6.31. The number of carbonyl (C=O) groups is 3. The van der Waals surface area contributed by atoms with E-state index in [1.54, 1.807) is 12.1 Å². The first-order valence-electron chi connectivity index (χ1n) is 8.53. The predicted octanol–water partition coefficient (Wildman–Crippen LogP) is 1.79. The summed E-state index contributed by atoms with van der Waals surface area (Å²) in [6.45, 7) is 2.06. The van der Waals surface area contributed by atoms with Crippen molar-refractivity contribution in [2.24, 2.45) is 0 Å². The molecule has 1 aromatic carbocycles. The molecule has 1 aliphatic heterocycles. The number of hydrogen-bond donors (Lipinski definition) is 3. The SMILES string of the molecule is CC(=O)NC[C@H]1CC[C@@H](CC(=O)NCc2cccc(F)c2Cl)N1C.O=CO. The summed E-state index contributed by atoms with van der Waals surface area (Å²) < 4.78 is 13.4. The van der Waals surface area contributed by atoms with Crippen LogP contribution in [0.3, 0.4) is 0 Å². The van der Waals surface area contributed by atoms with E-state index in [1.807, 2.05) is 7.05 Å². The highest BCUT2D eigenvalue weighted by Crippen LogP contribution is 2.24. The van der Waals surface area contributed by atoms with E-state index < -0.39 is 5.82 Å². The van der Waals surface area contributed by atoms with E-state index in [0.29, 0.717) is 18.5 Å². The first kappa shape index (κ1) is 22.9. The van der Waals surface area contributed by atoms with Gasteiger partial charge in [0.25, 0.3) is 6.47 Å². The number of amides is 2. The van der Waals surface area contributed by atoms with Crippen molar-refractivity contribution in [3.05, 3.63) is 34.6 Å².